The molecule has 0 fully saturated rings. The molecule has 2 heterocycles. The molecule has 0 bridgehead atoms. The van der Waals surface area contributed by atoms with Crippen molar-refractivity contribution in [3.8, 4) is 5.69 Å². The van der Waals surface area contributed by atoms with Gasteiger partial charge in [-0.2, -0.15) is 49.1 Å². The average Bonchev–Trinajstić information content (AvgIpc) is 3.47. The molecule has 1 aromatic heterocycles. The first-order valence-corrected chi connectivity index (χ1v) is 14.3. The predicted molar refractivity (Wildman–Crippen MR) is 168 cm³/mol. The first-order chi connectivity index (χ1) is 19.4. The molecule has 0 spiro atoms. The van der Waals surface area contributed by atoms with Crippen molar-refractivity contribution >= 4 is 50.6 Å². The maximum atomic E-state index is 3.76. The van der Waals surface area contributed by atoms with Crippen LogP contribution in [0.15, 0.2) is 107 Å². The summed E-state index contributed by atoms with van der Waals surface area (Å²) in [6.45, 7) is 8.94. The summed E-state index contributed by atoms with van der Waals surface area (Å²) >= 11 is 1.71. The SMILES string of the molecule is CN1[CH-]N(c2[c-]c(Sc3[c-]c4c(cc3)c3ccccc3n4-c3[c-]cccc3)cc(C(C)(C)C)c2)c2ccccc21.[Pt+4]. The molecule has 0 saturated heterocycles. The van der Waals surface area contributed by atoms with Crippen LogP contribution in [0.2, 0.25) is 0 Å². The summed E-state index contributed by atoms with van der Waals surface area (Å²) in [5.41, 5.74) is 7.91. The molecule has 0 unspecified atom stereocenters. The molecule has 0 amide bonds. The Bertz CT molecular complexity index is 1870. The van der Waals surface area contributed by atoms with E-state index < -0.39 is 0 Å². The molecule has 7 rings (SSSR count). The zero-order valence-electron chi connectivity index (χ0n) is 23.4. The van der Waals surface area contributed by atoms with Crippen LogP contribution in [0.3, 0.4) is 0 Å². The van der Waals surface area contributed by atoms with E-state index in [4.69, 9.17) is 0 Å². The Labute approximate surface area is 261 Å². The summed E-state index contributed by atoms with van der Waals surface area (Å²) < 4.78 is 2.27. The maximum Gasteiger partial charge on any atom is 4.00 e. The first kappa shape index (κ1) is 27.7. The van der Waals surface area contributed by atoms with E-state index in [2.05, 4.69) is 152 Å². The van der Waals surface area contributed by atoms with E-state index >= 15 is 0 Å². The molecule has 0 saturated carbocycles. The summed E-state index contributed by atoms with van der Waals surface area (Å²) in [6, 6.07) is 45.0. The second-order valence-corrected chi connectivity index (χ2v) is 12.3. The second kappa shape index (κ2) is 10.7. The van der Waals surface area contributed by atoms with Crippen molar-refractivity contribution in [3.05, 3.63) is 127 Å². The summed E-state index contributed by atoms with van der Waals surface area (Å²) in [6.07, 6.45) is 0. The molecule has 6 aromatic rings. The zero-order chi connectivity index (χ0) is 27.4. The van der Waals surface area contributed by atoms with Gasteiger partial charge in [0.2, 0.25) is 0 Å². The Kier molecular flexibility index (Phi) is 7.26. The second-order valence-electron chi connectivity index (χ2n) is 11.2. The van der Waals surface area contributed by atoms with Crippen LogP contribution in [0.25, 0.3) is 27.5 Å². The van der Waals surface area contributed by atoms with Gasteiger partial charge in [-0.05, 0) is 36.0 Å². The fourth-order valence-electron chi connectivity index (χ4n) is 5.43. The van der Waals surface area contributed by atoms with Gasteiger partial charge in [-0.25, -0.2) is 0 Å². The van der Waals surface area contributed by atoms with E-state index in [1.165, 1.54) is 27.7 Å². The number of aromatic nitrogens is 1. The maximum absolute atomic E-state index is 3.76. The molecule has 1 aliphatic heterocycles. The van der Waals surface area contributed by atoms with Gasteiger partial charge in [-0.15, -0.1) is 62.5 Å². The van der Waals surface area contributed by atoms with Gasteiger partial charge >= 0.3 is 21.1 Å². The number of hydrogen-bond donors (Lipinski definition) is 0. The van der Waals surface area contributed by atoms with Gasteiger partial charge in [-0.1, -0.05) is 62.3 Å². The van der Waals surface area contributed by atoms with E-state index in [0.29, 0.717) is 0 Å². The summed E-state index contributed by atoms with van der Waals surface area (Å²) in [5, 5.41) is 2.41. The van der Waals surface area contributed by atoms with Crippen molar-refractivity contribution < 1.29 is 21.1 Å². The van der Waals surface area contributed by atoms with Crippen LogP contribution in [-0.4, -0.2) is 11.6 Å². The molecule has 0 N–H and O–H groups in total. The van der Waals surface area contributed by atoms with E-state index in [0.717, 1.165) is 32.2 Å². The average molecular weight is 731 g/mol. The Morgan fingerprint density at radius 2 is 1.49 bits per heavy atom. The summed E-state index contributed by atoms with van der Waals surface area (Å²) in [4.78, 5) is 6.54. The van der Waals surface area contributed by atoms with Gasteiger partial charge in [0.1, 0.15) is 0 Å². The van der Waals surface area contributed by atoms with Crippen molar-refractivity contribution in [2.45, 2.75) is 36.0 Å². The summed E-state index contributed by atoms with van der Waals surface area (Å²) in [5.74, 6) is 0. The van der Waals surface area contributed by atoms with Gasteiger partial charge < -0.3 is 14.4 Å². The third-order valence-corrected chi connectivity index (χ3v) is 8.37. The number of fused-ring (bicyclic) bond motifs is 4. The third kappa shape index (κ3) is 4.98. The Hall–Kier alpha value is -3.46. The van der Waals surface area contributed by atoms with Crippen molar-refractivity contribution in [2.24, 2.45) is 0 Å². The van der Waals surface area contributed by atoms with Gasteiger partial charge in [0, 0.05) is 16.9 Å². The number of anilines is 3. The number of nitrogens with zero attached hydrogens (tertiary/aromatic N) is 3. The smallest absolute Gasteiger partial charge is 0.504 e. The zero-order valence-corrected chi connectivity index (χ0v) is 26.5. The van der Waals surface area contributed by atoms with Crippen LogP contribution in [0.4, 0.5) is 17.1 Å². The molecule has 3 nitrogen and oxygen atoms in total. The van der Waals surface area contributed by atoms with Crippen LogP contribution in [-0.2, 0) is 26.5 Å². The predicted octanol–water partition coefficient (Wildman–Crippen LogP) is 9.34. The Balaban J connectivity index is 0.00000302. The number of rotatable bonds is 4. The van der Waals surface area contributed by atoms with E-state index in [-0.39, 0.29) is 26.5 Å². The minimum absolute atomic E-state index is 0. The fraction of sp³-hybridized carbons (Fsp3) is 0.139. The Morgan fingerprint density at radius 1 is 0.732 bits per heavy atom. The van der Waals surface area contributed by atoms with E-state index in [9.17, 15) is 0 Å². The molecule has 5 aromatic carbocycles. The fourth-order valence-corrected chi connectivity index (χ4v) is 6.29. The third-order valence-electron chi connectivity index (χ3n) is 7.48. The summed E-state index contributed by atoms with van der Waals surface area (Å²) in [7, 11) is 2.09. The normalized spacial score (nSPS) is 13.1. The van der Waals surface area contributed by atoms with Crippen LogP contribution < -0.4 is 9.80 Å². The minimum Gasteiger partial charge on any atom is -0.504 e. The van der Waals surface area contributed by atoms with Crippen molar-refractivity contribution in [1.82, 2.24) is 4.57 Å². The van der Waals surface area contributed by atoms with Gasteiger partial charge in [0.25, 0.3) is 0 Å². The standard InChI is InChI=1S/C36H29N3S.Pt/c1-36(2,3)25-20-27(38-24-37(4)33-16-10-11-17-34(33)38)22-29(21-25)40-28-18-19-31-30-14-8-9-15-32(30)39(35(31)23-28)26-12-6-5-7-13-26;/h5-12,14-21,24H,1-4H3;/q-4;+4. The van der Waals surface area contributed by atoms with Gasteiger partial charge in [0.05, 0.1) is 0 Å². The molecule has 5 heteroatoms. The van der Waals surface area contributed by atoms with Crippen LogP contribution in [0, 0.1) is 24.9 Å². The quantitative estimate of drug-likeness (QED) is 0.168. The van der Waals surface area contributed by atoms with E-state index in [1.807, 2.05) is 12.1 Å². The van der Waals surface area contributed by atoms with Crippen LogP contribution in [0.5, 0.6) is 0 Å². The molecular weight excluding hydrogens is 702 g/mol. The molecule has 204 valence electrons. The molecule has 41 heavy (non-hydrogen) atoms. The molecule has 0 atom stereocenters. The van der Waals surface area contributed by atoms with Crippen LogP contribution >= 0.6 is 11.8 Å². The molecule has 1 aliphatic rings. The number of hydrogen-bond acceptors (Lipinski definition) is 3. The minimum atomic E-state index is -0.00641. The largest absolute Gasteiger partial charge is 4.00 e. The van der Waals surface area contributed by atoms with Crippen LogP contribution in [0.1, 0.15) is 26.3 Å². The molecular formula is C36H29N3PtS. The Morgan fingerprint density at radius 3 is 2.27 bits per heavy atom. The van der Waals surface area contributed by atoms with E-state index in [1.54, 1.807) is 11.8 Å². The van der Waals surface area contributed by atoms with Gasteiger partial charge in [0.15, 0.2) is 0 Å². The van der Waals surface area contributed by atoms with Crippen molar-refractivity contribution in [1.29, 1.82) is 0 Å². The number of para-hydroxylation sites is 4. The topological polar surface area (TPSA) is 11.4 Å². The van der Waals surface area contributed by atoms with Gasteiger partial charge in [-0.3, -0.25) is 0 Å². The van der Waals surface area contributed by atoms with Crippen molar-refractivity contribution in [3.63, 3.8) is 0 Å². The molecule has 0 aliphatic carbocycles. The van der Waals surface area contributed by atoms with Crippen molar-refractivity contribution in [2.75, 3.05) is 16.8 Å². The molecule has 0 radical (unpaired) electrons. The number of benzene rings is 5. The monoisotopic (exact) mass is 730 g/mol. The first-order valence-electron chi connectivity index (χ1n) is 13.5.